The van der Waals surface area contributed by atoms with Gasteiger partial charge in [-0.05, 0) is 92.2 Å². The van der Waals surface area contributed by atoms with Gasteiger partial charge in [0, 0.05) is 37.5 Å². The normalized spacial score (nSPS) is 34.2. The number of nitrogens with zero attached hydrogens (tertiary/aromatic N) is 1. The van der Waals surface area contributed by atoms with Crippen LogP contribution >= 0.6 is 0 Å². The predicted octanol–water partition coefficient (Wildman–Crippen LogP) is 5.16. The zero-order valence-electron chi connectivity index (χ0n) is 20.9. The fraction of sp³-hybridized carbons (Fsp3) is 0.533. The molecule has 2 unspecified atom stereocenters. The number of allylic oxidation sites excluding steroid dienone is 4. The van der Waals surface area contributed by atoms with Gasteiger partial charge in [0.2, 0.25) is 6.41 Å². The second kappa shape index (κ2) is 8.45. The molecule has 1 N–H and O–H groups in total. The lowest BCUT2D eigenvalue weighted by Crippen LogP contribution is -2.58. The lowest BCUT2D eigenvalue weighted by Gasteiger charge is -2.55. The van der Waals surface area contributed by atoms with E-state index in [2.05, 4.69) is 67.3 Å². The van der Waals surface area contributed by atoms with E-state index in [-0.39, 0.29) is 17.1 Å². The summed E-state index contributed by atoms with van der Waals surface area (Å²) in [7, 11) is 4.14. The molecule has 0 aliphatic heterocycles. The Balaban J connectivity index is 1.68. The molecule has 4 aliphatic rings. The average Bonchev–Trinajstić information content (AvgIpc) is 3.10. The first-order chi connectivity index (χ1) is 16.3. The Hall–Kier alpha value is -2.80. The lowest BCUT2D eigenvalue weighted by molar-refractivity contribution is -0.115. The highest BCUT2D eigenvalue weighted by molar-refractivity contribution is 5.93. The summed E-state index contributed by atoms with van der Waals surface area (Å²) in [5.74, 6) is 8.15. The fourth-order valence-electron chi connectivity index (χ4n) is 7.78. The molecule has 4 nitrogen and oxygen atoms in total. The van der Waals surface area contributed by atoms with Gasteiger partial charge in [-0.3, -0.25) is 9.59 Å². The molecule has 34 heavy (non-hydrogen) atoms. The quantitative estimate of drug-likeness (QED) is 0.503. The van der Waals surface area contributed by atoms with Crippen molar-refractivity contribution in [1.29, 1.82) is 0 Å². The van der Waals surface area contributed by atoms with Gasteiger partial charge in [0.25, 0.3) is 0 Å². The molecule has 0 radical (unpaired) electrons. The summed E-state index contributed by atoms with van der Waals surface area (Å²) in [5, 5.41) is 3.22. The Morgan fingerprint density at radius 3 is 2.56 bits per heavy atom. The summed E-state index contributed by atoms with van der Waals surface area (Å²) in [6, 6.07) is 9.00. The van der Waals surface area contributed by atoms with E-state index in [0.29, 0.717) is 18.3 Å². The van der Waals surface area contributed by atoms with E-state index < -0.39 is 5.54 Å². The Kier molecular flexibility index (Phi) is 5.71. The van der Waals surface area contributed by atoms with Gasteiger partial charge in [-0.1, -0.05) is 30.6 Å². The van der Waals surface area contributed by atoms with E-state index in [1.807, 2.05) is 13.0 Å². The highest BCUT2D eigenvalue weighted by Crippen LogP contribution is 2.66. The Morgan fingerprint density at radius 2 is 1.88 bits per heavy atom. The number of anilines is 1. The van der Waals surface area contributed by atoms with Crippen molar-refractivity contribution < 1.29 is 9.59 Å². The summed E-state index contributed by atoms with van der Waals surface area (Å²) in [4.78, 5) is 26.1. The third-order valence-electron chi connectivity index (χ3n) is 9.39. The Labute approximate surface area is 203 Å². The molecule has 2 fully saturated rings. The zero-order chi connectivity index (χ0) is 24.1. The molecule has 0 heterocycles. The molecule has 4 aliphatic carbocycles. The number of carbonyl (C=O) groups excluding carboxylic acids is 2. The third kappa shape index (κ3) is 3.35. The van der Waals surface area contributed by atoms with Crippen molar-refractivity contribution in [3.8, 4) is 11.8 Å². The van der Waals surface area contributed by atoms with Gasteiger partial charge in [0.15, 0.2) is 5.78 Å². The highest BCUT2D eigenvalue weighted by Gasteiger charge is 2.63. The summed E-state index contributed by atoms with van der Waals surface area (Å²) >= 11 is 0. The van der Waals surface area contributed by atoms with E-state index in [0.717, 1.165) is 44.9 Å². The molecular formula is C30H36N2O2. The third-order valence-corrected chi connectivity index (χ3v) is 9.39. The monoisotopic (exact) mass is 456 g/mol. The number of ketones is 1. The van der Waals surface area contributed by atoms with Crippen molar-refractivity contribution in [3.63, 3.8) is 0 Å². The van der Waals surface area contributed by atoms with Crippen LogP contribution < -0.4 is 10.2 Å². The summed E-state index contributed by atoms with van der Waals surface area (Å²) in [5.41, 5.74) is 6.27. The first-order valence-electron chi connectivity index (χ1n) is 12.7. The van der Waals surface area contributed by atoms with Crippen molar-refractivity contribution in [2.45, 2.75) is 70.3 Å². The van der Waals surface area contributed by atoms with Crippen molar-refractivity contribution in [3.05, 3.63) is 52.6 Å². The van der Waals surface area contributed by atoms with Crippen molar-refractivity contribution >= 4 is 17.9 Å². The number of benzene rings is 1. The molecule has 1 amide bonds. The van der Waals surface area contributed by atoms with Crippen LogP contribution in [0.1, 0.15) is 70.3 Å². The molecule has 0 saturated heterocycles. The van der Waals surface area contributed by atoms with Gasteiger partial charge < -0.3 is 10.2 Å². The predicted molar refractivity (Wildman–Crippen MR) is 136 cm³/mol. The van der Waals surface area contributed by atoms with Crippen molar-refractivity contribution in [2.24, 2.45) is 17.3 Å². The van der Waals surface area contributed by atoms with Gasteiger partial charge in [0.1, 0.15) is 5.54 Å². The zero-order valence-corrected chi connectivity index (χ0v) is 20.9. The smallest absolute Gasteiger partial charge is 0.208 e. The van der Waals surface area contributed by atoms with E-state index in [4.69, 9.17) is 0 Å². The molecule has 5 atom stereocenters. The maximum Gasteiger partial charge on any atom is 0.208 e. The van der Waals surface area contributed by atoms with Crippen LogP contribution in [0, 0.1) is 29.1 Å². The summed E-state index contributed by atoms with van der Waals surface area (Å²) in [6.45, 7) is 4.26. The Morgan fingerprint density at radius 1 is 1.12 bits per heavy atom. The van der Waals surface area contributed by atoms with Gasteiger partial charge in [-0.2, -0.15) is 0 Å². The van der Waals surface area contributed by atoms with E-state index in [9.17, 15) is 9.59 Å². The van der Waals surface area contributed by atoms with E-state index in [1.165, 1.54) is 22.4 Å². The minimum atomic E-state index is -0.481. The fourth-order valence-corrected chi connectivity index (χ4v) is 7.78. The van der Waals surface area contributed by atoms with Crippen LogP contribution in [0.4, 0.5) is 5.69 Å². The maximum atomic E-state index is 12.2. The van der Waals surface area contributed by atoms with Crippen LogP contribution in [0.25, 0.3) is 0 Å². The second-order valence-corrected chi connectivity index (χ2v) is 11.1. The SMILES string of the molecule is CC#C[C@@]1(NC=O)CCC2C3CCC4=CC(=O)CCC4=C3[C@@H](c3ccc(N(C)C)cc3)C[C@@]21C. The largest absolute Gasteiger partial charge is 0.378 e. The first-order valence-corrected chi connectivity index (χ1v) is 12.7. The molecule has 0 bridgehead atoms. The topological polar surface area (TPSA) is 49.4 Å². The number of carbonyl (C=O) groups is 2. The number of rotatable bonds is 4. The number of hydrogen-bond donors (Lipinski definition) is 1. The highest BCUT2D eigenvalue weighted by atomic mass is 16.1. The molecule has 178 valence electrons. The van der Waals surface area contributed by atoms with Crippen molar-refractivity contribution in [1.82, 2.24) is 5.32 Å². The maximum absolute atomic E-state index is 12.2. The van der Waals surface area contributed by atoms with Crippen LogP contribution in [0.15, 0.2) is 47.1 Å². The number of nitrogens with one attached hydrogen (secondary N) is 1. The first kappa shape index (κ1) is 23.0. The summed E-state index contributed by atoms with van der Waals surface area (Å²) < 4.78 is 0. The van der Waals surface area contributed by atoms with Crippen molar-refractivity contribution in [2.75, 3.05) is 19.0 Å². The molecule has 0 spiro atoms. The van der Waals surface area contributed by atoms with Gasteiger partial charge in [-0.25, -0.2) is 0 Å². The minimum absolute atomic E-state index is 0.109. The molecule has 1 aromatic rings. The number of hydrogen-bond acceptors (Lipinski definition) is 3. The minimum Gasteiger partial charge on any atom is -0.378 e. The average molecular weight is 457 g/mol. The number of fused-ring (bicyclic) bond motifs is 4. The molecule has 4 heteroatoms. The second-order valence-electron chi connectivity index (χ2n) is 11.1. The van der Waals surface area contributed by atoms with Crippen LogP contribution in [-0.2, 0) is 9.59 Å². The molecular weight excluding hydrogens is 420 g/mol. The van der Waals surface area contributed by atoms with Gasteiger partial charge >= 0.3 is 0 Å². The number of amides is 1. The van der Waals surface area contributed by atoms with Gasteiger partial charge in [-0.15, -0.1) is 5.92 Å². The molecule has 5 rings (SSSR count). The van der Waals surface area contributed by atoms with E-state index >= 15 is 0 Å². The van der Waals surface area contributed by atoms with Crippen LogP contribution in [0.5, 0.6) is 0 Å². The van der Waals surface area contributed by atoms with Crippen LogP contribution in [-0.4, -0.2) is 31.8 Å². The molecule has 0 aromatic heterocycles. The Bertz CT molecular complexity index is 1130. The lowest BCUT2D eigenvalue weighted by atomic mass is 9.50. The van der Waals surface area contributed by atoms with E-state index in [1.54, 1.807) is 5.57 Å². The van der Waals surface area contributed by atoms with Crippen LogP contribution in [0.2, 0.25) is 0 Å². The van der Waals surface area contributed by atoms with Gasteiger partial charge in [0.05, 0.1) is 0 Å². The molecule has 2 saturated carbocycles. The van der Waals surface area contributed by atoms with Crippen LogP contribution in [0.3, 0.4) is 0 Å². The standard InChI is InChI=1S/C30H36N2O2/c1-5-15-30(31-19-33)16-14-27-25-12-8-21-17-23(34)11-13-24(21)28(25)26(18-29(27,30)2)20-6-9-22(10-7-20)32(3)4/h6-7,9-10,17,19,25-27H,8,11-14,16,18H2,1-4H3,(H,31,33)/t25?,26-,27?,29+,30-/m1/s1. The summed E-state index contributed by atoms with van der Waals surface area (Å²) in [6.07, 6.45) is 9.31. The molecule has 1 aromatic carbocycles.